The number of anilines is 1. The molecule has 4 nitrogen and oxygen atoms in total. The molecule has 1 aromatic carbocycles. The molecule has 0 spiro atoms. The van der Waals surface area contributed by atoms with Crippen molar-refractivity contribution in [1.82, 2.24) is 0 Å². The summed E-state index contributed by atoms with van der Waals surface area (Å²) in [4.78, 5) is 0.122. The van der Waals surface area contributed by atoms with E-state index in [1.54, 1.807) is 13.0 Å². The number of hydrogen-bond donors (Lipinski definition) is 2. The first-order valence-corrected chi connectivity index (χ1v) is 4.85. The van der Waals surface area contributed by atoms with Crippen LogP contribution in [-0.4, -0.2) is 8.42 Å². The lowest BCUT2D eigenvalue weighted by Crippen LogP contribution is -2.13. The van der Waals surface area contributed by atoms with E-state index < -0.39 is 10.0 Å². The highest BCUT2D eigenvalue weighted by Gasteiger charge is 2.10. The fourth-order valence-corrected chi connectivity index (χ4v) is 1.76. The third kappa shape index (κ3) is 2.87. The normalized spacial score (nSPS) is 10.6. The van der Waals surface area contributed by atoms with Crippen molar-refractivity contribution in [3.8, 4) is 0 Å². The summed E-state index contributed by atoms with van der Waals surface area (Å²) in [5, 5.41) is 4.94. The Morgan fingerprint density at radius 1 is 1.31 bits per heavy atom. The number of rotatable bonds is 1. The minimum absolute atomic E-state index is 0. The zero-order valence-corrected chi connectivity index (χ0v) is 8.65. The molecule has 4 N–H and O–H groups in total. The Morgan fingerprint density at radius 2 is 1.85 bits per heavy atom. The third-order valence-electron chi connectivity index (χ3n) is 1.51. The van der Waals surface area contributed by atoms with Crippen LogP contribution in [0, 0.1) is 6.92 Å². The Bertz CT molecular complexity index is 403. The van der Waals surface area contributed by atoms with Gasteiger partial charge in [0.25, 0.3) is 0 Å². The number of hydrogen-bond acceptors (Lipinski definition) is 3. The molecule has 0 aliphatic rings. The first-order chi connectivity index (χ1) is 5.41. The minimum atomic E-state index is -3.61. The van der Waals surface area contributed by atoms with Gasteiger partial charge in [-0.05, 0) is 30.7 Å². The van der Waals surface area contributed by atoms with Gasteiger partial charge in [-0.2, -0.15) is 0 Å². The van der Waals surface area contributed by atoms with Gasteiger partial charge in [-0.3, -0.25) is 0 Å². The van der Waals surface area contributed by atoms with Gasteiger partial charge in [0, 0.05) is 5.69 Å². The van der Waals surface area contributed by atoms with Crippen LogP contribution < -0.4 is 10.9 Å². The Kier molecular flexibility index (Phi) is 3.71. The van der Waals surface area contributed by atoms with Gasteiger partial charge in [0.15, 0.2) is 0 Å². The molecule has 0 amide bonds. The Labute approximate surface area is 83.4 Å². The van der Waals surface area contributed by atoms with Crippen molar-refractivity contribution in [2.45, 2.75) is 11.8 Å². The van der Waals surface area contributed by atoms with Gasteiger partial charge in [0.2, 0.25) is 10.0 Å². The predicted octanol–water partition coefficient (Wildman–Crippen LogP) is 0.646. The van der Waals surface area contributed by atoms with Gasteiger partial charge in [0.1, 0.15) is 0 Å². The van der Waals surface area contributed by atoms with E-state index in [2.05, 4.69) is 0 Å². The molecule has 1 rings (SSSR count). The molecule has 6 heteroatoms. The Balaban J connectivity index is 0.00000144. The molecule has 0 aliphatic carbocycles. The molecule has 1 aromatic rings. The zero-order chi connectivity index (χ0) is 9.35. The first kappa shape index (κ1) is 12.2. The van der Waals surface area contributed by atoms with Crippen LogP contribution in [0.1, 0.15) is 5.56 Å². The highest BCUT2D eigenvalue weighted by atomic mass is 35.5. The van der Waals surface area contributed by atoms with Crippen molar-refractivity contribution in [2.75, 3.05) is 5.73 Å². The molecule has 0 bridgehead atoms. The quantitative estimate of drug-likeness (QED) is 0.684. The molecule has 0 heterocycles. The number of primary sulfonamides is 1. The van der Waals surface area contributed by atoms with Crippen molar-refractivity contribution in [2.24, 2.45) is 5.14 Å². The van der Waals surface area contributed by atoms with Crippen molar-refractivity contribution in [1.29, 1.82) is 0 Å². The van der Waals surface area contributed by atoms with Gasteiger partial charge < -0.3 is 5.73 Å². The number of aryl methyl sites for hydroxylation is 1. The van der Waals surface area contributed by atoms with Crippen LogP contribution in [0.25, 0.3) is 0 Å². The SMILES string of the molecule is Cc1cc(N)ccc1S(N)(=O)=O.Cl. The van der Waals surface area contributed by atoms with Crippen molar-refractivity contribution in [3.05, 3.63) is 23.8 Å². The molecule has 0 saturated carbocycles. The lowest BCUT2D eigenvalue weighted by Gasteiger charge is -2.02. The zero-order valence-electron chi connectivity index (χ0n) is 7.02. The second-order valence-corrected chi connectivity index (χ2v) is 4.10. The van der Waals surface area contributed by atoms with Crippen LogP contribution in [0.15, 0.2) is 23.1 Å². The summed E-state index contributed by atoms with van der Waals surface area (Å²) >= 11 is 0. The number of nitrogen functional groups attached to an aromatic ring is 1. The topological polar surface area (TPSA) is 86.2 Å². The number of sulfonamides is 1. The Morgan fingerprint density at radius 3 is 2.23 bits per heavy atom. The van der Waals surface area contributed by atoms with Crippen LogP contribution in [-0.2, 0) is 10.0 Å². The molecule has 0 saturated heterocycles. The Hall–Kier alpha value is -0.780. The van der Waals surface area contributed by atoms with Crippen LogP contribution in [0.2, 0.25) is 0 Å². The molecule has 74 valence electrons. The van der Waals surface area contributed by atoms with Crippen molar-refractivity contribution >= 4 is 28.1 Å². The van der Waals surface area contributed by atoms with Gasteiger partial charge in [-0.1, -0.05) is 0 Å². The highest BCUT2D eigenvalue weighted by Crippen LogP contribution is 2.15. The van der Waals surface area contributed by atoms with Gasteiger partial charge in [0.05, 0.1) is 4.90 Å². The molecule has 0 aromatic heterocycles. The highest BCUT2D eigenvalue weighted by molar-refractivity contribution is 7.89. The van der Waals surface area contributed by atoms with E-state index in [4.69, 9.17) is 10.9 Å². The van der Waals surface area contributed by atoms with Crippen LogP contribution >= 0.6 is 12.4 Å². The molecule has 0 atom stereocenters. The van der Waals surface area contributed by atoms with E-state index in [9.17, 15) is 8.42 Å². The maximum absolute atomic E-state index is 10.9. The lowest BCUT2D eigenvalue weighted by atomic mass is 10.2. The molecule has 0 radical (unpaired) electrons. The lowest BCUT2D eigenvalue weighted by molar-refractivity contribution is 0.597. The van der Waals surface area contributed by atoms with Gasteiger partial charge >= 0.3 is 0 Å². The second kappa shape index (κ2) is 3.95. The molecular formula is C7H11ClN2O2S. The van der Waals surface area contributed by atoms with E-state index in [0.717, 1.165) is 0 Å². The third-order valence-corrected chi connectivity index (χ3v) is 2.58. The number of benzene rings is 1. The van der Waals surface area contributed by atoms with E-state index in [1.807, 2.05) is 0 Å². The molecule has 13 heavy (non-hydrogen) atoms. The van der Waals surface area contributed by atoms with Crippen LogP contribution in [0.4, 0.5) is 5.69 Å². The fraction of sp³-hybridized carbons (Fsp3) is 0.143. The van der Waals surface area contributed by atoms with Crippen molar-refractivity contribution in [3.63, 3.8) is 0 Å². The summed E-state index contributed by atoms with van der Waals surface area (Å²) < 4.78 is 21.8. The van der Waals surface area contributed by atoms with Crippen LogP contribution in [0.3, 0.4) is 0 Å². The fourth-order valence-electron chi connectivity index (χ4n) is 0.992. The monoisotopic (exact) mass is 222 g/mol. The molecule has 0 fully saturated rings. The van der Waals surface area contributed by atoms with E-state index in [-0.39, 0.29) is 17.3 Å². The predicted molar refractivity (Wildman–Crippen MR) is 54.2 cm³/mol. The second-order valence-electron chi connectivity index (χ2n) is 2.57. The molecular weight excluding hydrogens is 212 g/mol. The first-order valence-electron chi connectivity index (χ1n) is 3.30. The largest absolute Gasteiger partial charge is 0.399 e. The standard InChI is InChI=1S/C7H10N2O2S.ClH/c1-5-4-6(8)2-3-7(5)12(9,10)11;/h2-4H,8H2,1H3,(H2,9,10,11);1H. The summed E-state index contributed by atoms with van der Waals surface area (Å²) in [6.07, 6.45) is 0. The summed E-state index contributed by atoms with van der Waals surface area (Å²) in [6, 6.07) is 4.48. The maximum atomic E-state index is 10.9. The maximum Gasteiger partial charge on any atom is 0.238 e. The van der Waals surface area contributed by atoms with Gasteiger partial charge in [-0.25, -0.2) is 13.6 Å². The van der Waals surface area contributed by atoms with E-state index in [1.165, 1.54) is 12.1 Å². The smallest absolute Gasteiger partial charge is 0.238 e. The average molecular weight is 223 g/mol. The van der Waals surface area contributed by atoms with E-state index >= 15 is 0 Å². The minimum Gasteiger partial charge on any atom is -0.399 e. The van der Waals surface area contributed by atoms with Gasteiger partial charge in [-0.15, -0.1) is 12.4 Å². The average Bonchev–Trinajstić information content (AvgIpc) is 1.83. The van der Waals surface area contributed by atoms with Crippen molar-refractivity contribution < 1.29 is 8.42 Å². The number of nitrogens with two attached hydrogens (primary N) is 2. The molecule has 0 aliphatic heterocycles. The summed E-state index contributed by atoms with van der Waals surface area (Å²) in [5.41, 5.74) is 6.53. The number of halogens is 1. The summed E-state index contributed by atoms with van der Waals surface area (Å²) in [5.74, 6) is 0. The summed E-state index contributed by atoms with van der Waals surface area (Å²) in [6.45, 7) is 1.65. The van der Waals surface area contributed by atoms with E-state index in [0.29, 0.717) is 11.3 Å². The molecule has 0 unspecified atom stereocenters. The summed E-state index contributed by atoms with van der Waals surface area (Å²) in [7, 11) is -3.61. The van der Waals surface area contributed by atoms with Crippen LogP contribution in [0.5, 0.6) is 0 Å².